The Morgan fingerprint density at radius 3 is 1.82 bits per heavy atom. The molecular weight excluding hydrogens is 420 g/mol. The molecule has 0 aliphatic carbocycles. The van der Waals surface area contributed by atoms with E-state index in [4.69, 9.17) is 5.73 Å². The van der Waals surface area contributed by atoms with E-state index in [0.29, 0.717) is 30.8 Å². The Hall–Kier alpha value is -3.08. The van der Waals surface area contributed by atoms with Gasteiger partial charge in [-0.05, 0) is 50.0 Å². The van der Waals surface area contributed by atoms with E-state index in [1.165, 1.54) is 11.1 Å². The number of benzene rings is 3. The molecular formula is C30H34N2O2. The van der Waals surface area contributed by atoms with Crippen molar-refractivity contribution in [3.63, 3.8) is 0 Å². The summed E-state index contributed by atoms with van der Waals surface area (Å²) in [5.41, 5.74) is 10.7. The fraction of sp³-hybridized carbons (Fsp3) is 0.333. The summed E-state index contributed by atoms with van der Waals surface area (Å²) < 4.78 is 0. The zero-order valence-corrected chi connectivity index (χ0v) is 20.1. The SMILES string of the molecule is Cc1cccc(C2C(C(=O)c3ccccc3)CN(CCCN)CC2C(=O)c2ccccc2)c1C. The summed E-state index contributed by atoms with van der Waals surface area (Å²) in [6.45, 7) is 6.84. The minimum absolute atomic E-state index is 0.106. The van der Waals surface area contributed by atoms with Gasteiger partial charge in [0.1, 0.15) is 0 Å². The highest BCUT2D eigenvalue weighted by molar-refractivity contribution is 6.02. The molecule has 4 heteroatoms. The van der Waals surface area contributed by atoms with Crippen molar-refractivity contribution in [3.05, 3.63) is 107 Å². The molecule has 2 atom stereocenters. The maximum atomic E-state index is 13.9. The van der Waals surface area contributed by atoms with E-state index in [1.54, 1.807) is 0 Å². The minimum atomic E-state index is -0.313. The zero-order chi connectivity index (χ0) is 24.1. The van der Waals surface area contributed by atoms with Crippen LogP contribution in [0.2, 0.25) is 0 Å². The van der Waals surface area contributed by atoms with Crippen molar-refractivity contribution in [3.8, 4) is 0 Å². The van der Waals surface area contributed by atoms with Crippen LogP contribution in [0.3, 0.4) is 0 Å². The molecule has 0 radical (unpaired) electrons. The summed E-state index contributed by atoms with van der Waals surface area (Å²) in [7, 11) is 0. The largest absolute Gasteiger partial charge is 0.330 e. The van der Waals surface area contributed by atoms with Gasteiger partial charge in [-0.2, -0.15) is 0 Å². The van der Waals surface area contributed by atoms with Gasteiger partial charge >= 0.3 is 0 Å². The number of carbonyl (C=O) groups excluding carboxylic acids is 2. The lowest BCUT2D eigenvalue weighted by atomic mass is 9.67. The summed E-state index contributed by atoms with van der Waals surface area (Å²) in [6, 6.07) is 25.3. The first-order valence-electron chi connectivity index (χ1n) is 12.2. The Morgan fingerprint density at radius 1 is 0.794 bits per heavy atom. The maximum absolute atomic E-state index is 13.9. The molecule has 4 rings (SSSR count). The number of likely N-dealkylation sites (tertiary alicyclic amines) is 1. The monoisotopic (exact) mass is 454 g/mol. The van der Waals surface area contributed by atoms with E-state index >= 15 is 0 Å². The van der Waals surface area contributed by atoms with Crippen LogP contribution in [0, 0.1) is 25.7 Å². The van der Waals surface area contributed by atoms with Crippen LogP contribution in [0.5, 0.6) is 0 Å². The normalized spacial score (nSPS) is 20.7. The number of aryl methyl sites for hydroxylation is 1. The first-order valence-corrected chi connectivity index (χ1v) is 12.2. The third-order valence-corrected chi connectivity index (χ3v) is 7.25. The lowest BCUT2D eigenvalue weighted by Gasteiger charge is -2.43. The van der Waals surface area contributed by atoms with E-state index in [-0.39, 0.29) is 29.3 Å². The summed E-state index contributed by atoms with van der Waals surface area (Å²) in [5, 5.41) is 0. The molecule has 3 aromatic rings. The molecule has 1 aliphatic heterocycles. The van der Waals surface area contributed by atoms with E-state index in [1.807, 2.05) is 66.7 Å². The molecule has 0 amide bonds. The second kappa shape index (κ2) is 10.9. The standard InChI is InChI=1S/C30H34N2O2/c1-21-11-9-16-25(22(21)2)28-26(29(33)23-12-5-3-6-13-23)19-32(18-10-17-31)20-27(28)30(34)24-14-7-4-8-15-24/h3-9,11-16,26-28H,10,17-20,31H2,1-2H3. The Balaban J connectivity index is 1.83. The lowest BCUT2D eigenvalue weighted by Crippen LogP contribution is -2.51. The predicted octanol–water partition coefficient (Wildman–Crippen LogP) is 5.05. The fourth-order valence-electron chi connectivity index (χ4n) is 5.33. The molecule has 4 nitrogen and oxygen atoms in total. The number of nitrogens with zero attached hydrogens (tertiary/aromatic N) is 1. The Morgan fingerprint density at radius 2 is 1.32 bits per heavy atom. The van der Waals surface area contributed by atoms with Crippen LogP contribution < -0.4 is 5.73 Å². The number of rotatable bonds is 8. The molecule has 34 heavy (non-hydrogen) atoms. The maximum Gasteiger partial charge on any atom is 0.167 e. The van der Waals surface area contributed by atoms with E-state index < -0.39 is 0 Å². The topological polar surface area (TPSA) is 63.4 Å². The summed E-state index contributed by atoms with van der Waals surface area (Å²) >= 11 is 0. The highest BCUT2D eigenvalue weighted by atomic mass is 16.1. The molecule has 176 valence electrons. The molecule has 1 aliphatic rings. The van der Waals surface area contributed by atoms with Gasteiger partial charge < -0.3 is 10.6 Å². The summed E-state index contributed by atoms with van der Waals surface area (Å²) in [6.07, 6.45) is 0.840. The van der Waals surface area contributed by atoms with Gasteiger partial charge in [-0.25, -0.2) is 0 Å². The fourth-order valence-corrected chi connectivity index (χ4v) is 5.33. The van der Waals surface area contributed by atoms with Crippen LogP contribution >= 0.6 is 0 Å². The number of hydrogen-bond donors (Lipinski definition) is 1. The van der Waals surface area contributed by atoms with Crippen LogP contribution in [0.15, 0.2) is 78.9 Å². The average molecular weight is 455 g/mol. The number of piperidine rings is 1. The van der Waals surface area contributed by atoms with Crippen LogP contribution in [0.1, 0.15) is 49.7 Å². The van der Waals surface area contributed by atoms with Crippen LogP contribution in [-0.4, -0.2) is 42.6 Å². The molecule has 1 fully saturated rings. The highest BCUT2D eigenvalue weighted by Gasteiger charge is 2.45. The highest BCUT2D eigenvalue weighted by Crippen LogP contribution is 2.42. The third-order valence-electron chi connectivity index (χ3n) is 7.25. The van der Waals surface area contributed by atoms with Crippen molar-refractivity contribution in [1.82, 2.24) is 4.90 Å². The van der Waals surface area contributed by atoms with Crippen molar-refractivity contribution >= 4 is 11.6 Å². The van der Waals surface area contributed by atoms with Crippen LogP contribution in [0.25, 0.3) is 0 Å². The average Bonchev–Trinajstić information content (AvgIpc) is 2.89. The van der Waals surface area contributed by atoms with Crippen molar-refractivity contribution in [2.24, 2.45) is 17.6 Å². The molecule has 0 spiro atoms. The van der Waals surface area contributed by atoms with Gasteiger partial charge in [-0.1, -0.05) is 78.9 Å². The molecule has 0 aromatic heterocycles. The zero-order valence-electron chi connectivity index (χ0n) is 20.1. The third kappa shape index (κ3) is 5.03. The van der Waals surface area contributed by atoms with Crippen LogP contribution in [0.4, 0.5) is 0 Å². The molecule has 0 saturated carbocycles. The van der Waals surface area contributed by atoms with Gasteiger partial charge in [0.05, 0.1) is 0 Å². The first-order chi connectivity index (χ1) is 16.5. The van der Waals surface area contributed by atoms with Crippen molar-refractivity contribution in [2.45, 2.75) is 26.2 Å². The molecule has 0 bridgehead atoms. The Labute approximate surface area is 202 Å². The lowest BCUT2D eigenvalue weighted by molar-refractivity contribution is 0.0571. The quantitative estimate of drug-likeness (QED) is 0.484. The first kappa shape index (κ1) is 24.1. The van der Waals surface area contributed by atoms with Gasteiger partial charge in [-0.15, -0.1) is 0 Å². The predicted molar refractivity (Wildman–Crippen MR) is 137 cm³/mol. The smallest absolute Gasteiger partial charge is 0.167 e. The second-order valence-electron chi connectivity index (χ2n) is 9.39. The molecule has 2 N–H and O–H groups in total. The number of hydrogen-bond acceptors (Lipinski definition) is 4. The minimum Gasteiger partial charge on any atom is -0.330 e. The molecule has 2 unspecified atom stereocenters. The van der Waals surface area contributed by atoms with Crippen molar-refractivity contribution in [2.75, 3.05) is 26.2 Å². The van der Waals surface area contributed by atoms with Crippen LogP contribution in [-0.2, 0) is 0 Å². The van der Waals surface area contributed by atoms with Gasteiger partial charge in [0, 0.05) is 42.0 Å². The number of ketones is 2. The van der Waals surface area contributed by atoms with Gasteiger partial charge in [0.25, 0.3) is 0 Å². The Bertz CT molecular complexity index is 1070. The van der Waals surface area contributed by atoms with Gasteiger partial charge in [-0.3, -0.25) is 9.59 Å². The number of nitrogens with two attached hydrogens (primary N) is 1. The molecule has 3 aromatic carbocycles. The van der Waals surface area contributed by atoms with Gasteiger partial charge in [0.15, 0.2) is 11.6 Å². The summed E-state index contributed by atoms with van der Waals surface area (Å²) in [5.74, 6) is -0.599. The molecule has 1 saturated heterocycles. The molecule has 1 heterocycles. The Kier molecular flexibility index (Phi) is 7.71. The van der Waals surface area contributed by atoms with E-state index in [9.17, 15) is 9.59 Å². The van der Waals surface area contributed by atoms with E-state index in [0.717, 1.165) is 18.5 Å². The number of Topliss-reactive ketones (excluding diaryl/α,β-unsaturated/α-hetero) is 2. The number of carbonyl (C=O) groups is 2. The second-order valence-corrected chi connectivity index (χ2v) is 9.39. The van der Waals surface area contributed by atoms with E-state index in [2.05, 4.69) is 30.9 Å². The summed E-state index contributed by atoms with van der Waals surface area (Å²) in [4.78, 5) is 30.2. The van der Waals surface area contributed by atoms with Gasteiger partial charge in [0.2, 0.25) is 0 Å². The van der Waals surface area contributed by atoms with Crippen molar-refractivity contribution < 1.29 is 9.59 Å². The van der Waals surface area contributed by atoms with Crippen molar-refractivity contribution in [1.29, 1.82) is 0 Å².